The summed E-state index contributed by atoms with van der Waals surface area (Å²) in [5, 5.41) is 12.2. The van der Waals surface area contributed by atoms with Crippen LogP contribution in [0.5, 0.6) is 11.5 Å². The summed E-state index contributed by atoms with van der Waals surface area (Å²) in [6.07, 6.45) is 8.81. The molecule has 0 bridgehead atoms. The molecule has 1 amide bonds. The lowest BCUT2D eigenvalue weighted by Crippen LogP contribution is -2.38. The molecule has 2 N–H and O–H groups in total. The Morgan fingerprint density at radius 1 is 1.21 bits per heavy atom. The highest BCUT2D eigenvalue weighted by Gasteiger charge is 2.38. The standard InChI is InChI=1S/C32H44N2O5/c1-22(2)10-7-11-23(3)14-15-24-18-27-28(21-32(24,4)5)34(16-9-17-35)30(36)20-29(27)39-31(37)33-25-12-8-13-26(19-25)38-6/h8,10,12-14,19-20,24,35H,7,9,11,15-18,21H2,1-6H3,(H,33,37)/b23-14+. The Kier molecular flexibility index (Phi) is 10.6. The summed E-state index contributed by atoms with van der Waals surface area (Å²) >= 11 is 0. The van der Waals surface area contributed by atoms with Gasteiger partial charge in [0.2, 0.25) is 0 Å². The van der Waals surface area contributed by atoms with Gasteiger partial charge in [0.05, 0.1) is 7.11 Å². The fraction of sp³-hybridized carbons (Fsp3) is 0.500. The van der Waals surface area contributed by atoms with Crippen molar-refractivity contribution in [2.45, 2.75) is 79.7 Å². The van der Waals surface area contributed by atoms with Crippen molar-refractivity contribution in [2.24, 2.45) is 11.3 Å². The third kappa shape index (κ3) is 8.33. The number of aliphatic hydroxyl groups is 1. The van der Waals surface area contributed by atoms with E-state index >= 15 is 0 Å². The maximum Gasteiger partial charge on any atom is 0.417 e. The van der Waals surface area contributed by atoms with E-state index < -0.39 is 6.09 Å². The topological polar surface area (TPSA) is 89.8 Å². The first-order chi connectivity index (χ1) is 18.5. The SMILES string of the molecule is COc1cccc(NC(=O)Oc2cc(=O)n(CCCO)c3c2CC(C/C=C(\C)CCC=C(C)C)C(C)(C)C3)c1. The first kappa shape index (κ1) is 30.2. The zero-order valence-corrected chi connectivity index (χ0v) is 24.3. The van der Waals surface area contributed by atoms with E-state index in [-0.39, 0.29) is 17.6 Å². The van der Waals surface area contributed by atoms with Crippen molar-refractivity contribution in [1.82, 2.24) is 4.57 Å². The Bertz CT molecular complexity index is 1270. The van der Waals surface area contributed by atoms with Crippen molar-refractivity contribution in [2.75, 3.05) is 19.0 Å². The smallest absolute Gasteiger partial charge is 0.417 e. The molecule has 2 aromatic rings. The average Bonchev–Trinajstić information content (AvgIpc) is 2.87. The summed E-state index contributed by atoms with van der Waals surface area (Å²) in [5.74, 6) is 1.24. The van der Waals surface area contributed by atoms with Crippen molar-refractivity contribution >= 4 is 11.8 Å². The number of hydrogen-bond donors (Lipinski definition) is 2. The summed E-state index contributed by atoms with van der Waals surface area (Å²) in [4.78, 5) is 26.0. The molecule has 3 rings (SSSR count). The van der Waals surface area contributed by atoms with Gasteiger partial charge < -0.3 is 19.1 Å². The van der Waals surface area contributed by atoms with Crippen LogP contribution in [0.15, 0.2) is 58.4 Å². The summed E-state index contributed by atoms with van der Waals surface area (Å²) < 4.78 is 12.8. The van der Waals surface area contributed by atoms with Gasteiger partial charge in [-0.2, -0.15) is 0 Å². The Hall–Kier alpha value is -3.32. The highest BCUT2D eigenvalue weighted by atomic mass is 16.6. The number of carbonyl (C=O) groups is 1. The number of pyridine rings is 1. The van der Waals surface area contributed by atoms with Crippen LogP contribution >= 0.6 is 0 Å². The van der Waals surface area contributed by atoms with Crippen molar-refractivity contribution in [3.63, 3.8) is 0 Å². The summed E-state index contributed by atoms with van der Waals surface area (Å²) in [5.41, 5.74) is 4.75. The predicted octanol–water partition coefficient (Wildman–Crippen LogP) is 6.67. The van der Waals surface area contributed by atoms with Gasteiger partial charge in [-0.05, 0) is 82.8 Å². The molecule has 1 unspecified atom stereocenters. The second-order valence-corrected chi connectivity index (χ2v) is 11.4. The van der Waals surface area contributed by atoms with Crippen LogP contribution in [-0.2, 0) is 19.4 Å². The lowest BCUT2D eigenvalue weighted by atomic mass is 9.66. The van der Waals surface area contributed by atoms with Gasteiger partial charge >= 0.3 is 6.09 Å². The molecule has 1 heterocycles. The van der Waals surface area contributed by atoms with E-state index in [4.69, 9.17) is 9.47 Å². The number of ether oxygens (including phenoxy) is 2. The lowest BCUT2D eigenvalue weighted by Gasteiger charge is -2.41. The molecule has 1 aromatic carbocycles. The number of aromatic nitrogens is 1. The lowest BCUT2D eigenvalue weighted by molar-refractivity contribution is 0.182. The van der Waals surface area contributed by atoms with Gasteiger partial charge in [-0.25, -0.2) is 4.79 Å². The van der Waals surface area contributed by atoms with Crippen LogP contribution < -0.4 is 20.3 Å². The van der Waals surface area contributed by atoms with Gasteiger partial charge in [-0.15, -0.1) is 0 Å². The number of rotatable bonds is 11. The summed E-state index contributed by atoms with van der Waals surface area (Å²) in [6.45, 7) is 11.4. The maximum atomic E-state index is 13.1. The van der Waals surface area contributed by atoms with E-state index in [9.17, 15) is 14.7 Å². The molecular weight excluding hydrogens is 492 g/mol. The van der Waals surface area contributed by atoms with E-state index in [2.05, 4.69) is 52.1 Å². The Labute approximate surface area is 232 Å². The van der Waals surface area contributed by atoms with E-state index in [1.165, 1.54) is 17.2 Å². The molecule has 0 fully saturated rings. The minimum Gasteiger partial charge on any atom is -0.497 e. The van der Waals surface area contributed by atoms with Gasteiger partial charge in [0.1, 0.15) is 11.5 Å². The highest BCUT2D eigenvalue weighted by molar-refractivity contribution is 5.86. The number of nitrogens with one attached hydrogen (secondary N) is 1. The molecule has 0 saturated carbocycles. The van der Waals surface area contributed by atoms with E-state index in [0.29, 0.717) is 48.9 Å². The zero-order valence-electron chi connectivity index (χ0n) is 24.3. The van der Waals surface area contributed by atoms with Crippen molar-refractivity contribution < 1.29 is 19.4 Å². The molecule has 39 heavy (non-hydrogen) atoms. The number of benzene rings is 1. The summed E-state index contributed by atoms with van der Waals surface area (Å²) in [6, 6.07) is 8.43. The molecule has 1 aromatic heterocycles. The highest BCUT2D eigenvalue weighted by Crippen LogP contribution is 2.44. The molecular formula is C32H44N2O5. The van der Waals surface area contributed by atoms with Crippen LogP contribution in [0, 0.1) is 11.3 Å². The number of carbonyl (C=O) groups excluding carboxylic acids is 1. The van der Waals surface area contributed by atoms with Gasteiger partial charge in [0.25, 0.3) is 5.56 Å². The van der Waals surface area contributed by atoms with Crippen LogP contribution in [0.1, 0.15) is 71.6 Å². The number of methoxy groups -OCH3 is 1. The third-order valence-electron chi connectivity index (χ3n) is 7.57. The van der Waals surface area contributed by atoms with Crippen molar-refractivity contribution in [3.8, 4) is 11.5 Å². The van der Waals surface area contributed by atoms with Crippen LogP contribution in [0.25, 0.3) is 0 Å². The first-order valence-electron chi connectivity index (χ1n) is 13.8. The van der Waals surface area contributed by atoms with Gasteiger partial charge in [0.15, 0.2) is 0 Å². The van der Waals surface area contributed by atoms with E-state index in [1.54, 1.807) is 35.9 Å². The van der Waals surface area contributed by atoms with E-state index in [0.717, 1.165) is 30.5 Å². The fourth-order valence-corrected chi connectivity index (χ4v) is 5.18. The number of nitrogens with zero attached hydrogens (tertiary/aromatic N) is 1. The third-order valence-corrected chi connectivity index (χ3v) is 7.57. The Balaban J connectivity index is 1.89. The van der Waals surface area contributed by atoms with Gasteiger partial charge in [0, 0.05) is 42.2 Å². The van der Waals surface area contributed by atoms with Crippen LogP contribution in [0.3, 0.4) is 0 Å². The molecule has 0 radical (unpaired) electrons. The number of allylic oxidation sites excluding steroid dienone is 4. The van der Waals surface area contributed by atoms with Gasteiger partial charge in [-0.3, -0.25) is 10.1 Å². The molecule has 0 aliphatic heterocycles. The first-order valence-corrected chi connectivity index (χ1v) is 13.8. The number of anilines is 1. The number of amides is 1. The number of fused-ring (bicyclic) bond motifs is 1. The number of aliphatic hydroxyl groups excluding tert-OH is 1. The predicted molar refractivity (Wildman–Crippen MR) is 157 cm³/mol. The minimum atomic E-state index is -0.658. The Morgan fingerprint density at radius 3 is 2.67 bits per heavy atom. The van der Waals surface area contributed by atoms with Crippen LogP contribution in [-0.4, -0.2) is 29.5 Å². The fourth-order valence-electron chi connectivity index (χ4n) is 5.18. The Morgan fingerprint density at radius 2 is 1.97 bits per heavy atom. The van der Waals surface area contributed by atoms with Crippen molar-refractivity contribution in [1.29, 1.82) is 0 Å². The molecule has 7 nitrogen and oxygen atoms in total. The molecule has 7 heteroatoms. The average molecular weight is 537 g/mol. The molecule has 0 spiro atoms. The van der Waals surface area contributed by atoms with E-state index in [1.807, 2.05) is 0 Å². The normalized spacial score (nSPS) is 16.3. The summed E-state index contributed by atoms with van der Waals surface area (Å²) in [7, 11) is 1.56. The molecule has 212 valence electrons. The number of hydrogen-bond acceptors (Lipinski definition) is 5. The van der Waals surface area contributed by atoms with Gasteiger partial charge in [-0.1, -0.05) is 43.2 Å². The zero-order chi connectivity index (χ0) is 28.6. The monoisotopic (exact) mass is 536 g/mol. The van der Waals surface area contributed by atoms with Crippen LogP contribution in [0.2, 0.25) is 0 Å². The molecule has 0 saturated heterocycles. The second-order valence-electron chi connectivity index (χ2n) is 11.4. The van der Waals surface area contributed by atoms with Crippen molar-refractivity contribution in [3.05, 3.63) is 75.2 Å². The molecule has 1 aliphatic carbocycles. The van der Waals surface area contributed by atoms with Crippen LogP contribution in [0.4, 0.5) is 10.5 Å². The minimum absolute atomic E-state index is 0.00520. The second kappa shape index (κ2) is 13.7. The quantitative estimate of drug-likeness (QED) is 0.313. The largest absolute Gasteiger partial charge is 0.497 e. The maximum absolute atomic E-state index is 13.1. The molecule has 1 atom stereocenters. The molecule has 1 aliphatic rings.